The van der Waals surface area contributed by atoms with Crippen molar-refractivity contribution in [3.8, 4) is 5.88 Å². The van der Waals surface area contributed by atoms with Crippen LogP contribution >= 0.6 is 23.4 Å². The number of nitrogens with zero attached hydrogens (tertiary/aromatic N) is 2. The third-order valence-electron chi connectivity index (χ3n) is 2.43. The van der Waals surface area contributed by atoms with Gasteiger partial charge in [0.25, 0.3) is 0 Å². The lowest BCUT2D eigenvalue weighted by molar-refractivity contribution is 0.265. The molecule has 0 amide bonds. The molecule has 88 valence electrons. The van der Waals surface area contributed by atoms with Crippen LogP contribution in [0.5, 0.6) is 5.88 Å². The van der Waals surface area contributed by atoms with Crippen LogP contribution in [0, 0.1) is 0 Å². The maximum absolute atomic E-state index is 5.86. The van der Waals surface area contributed by atoms with Crippen LogP contribution in [0.1, 0.15) is 12.8 Å². The highest BCUT2D eigenvalue weighted by Gasteiger charge is 2.15. The number of thioether (sulfide) groups is 1. The molecule has 2 heterocycles. The number of rotatable bonds is 4. The van der Waals surface area contributed by atoms with Crippen molar-refractivity contribution in [1.82, 2.24) is 15.3 Å². The van der Waals surface area contributed by atoms with Crippen LogP contribution in [-0.2, 0) is 0 Å². The van der Waals surface area contributed by atoms with Gasteiger partial charge in [0.15, 0.2) is 5.16 Å². The lowest BCUT2D eigenvalue weighted by atomic mass is 10.2. The molecule has 6 heteroatoms. The molecular weight excluding hydrogens is 246 g/mol. The molecule has 1 aliphatic rings. The Morgan fingerprint density at radius 3 is 3.19 bits per heavy atom. The second kappa shape index (κ2) is 5.70. The minimum atomic E-state index is 0.425. The zero-order valence-corrected chi connectivity index (χ0v) is 10.6. The van der Waals surface area contributed by atoms with Crippen molar-refractivity contribution in [3.05, 3.63) is 11.2 Å². The normalized spacial score (nSPS) is 20.0. The first-order valence-electron chi connectivity index (χ1n) is 5.22. The van der Waals surface area contributed by atoms with E-state index >= 15 is 0 Å². The fourth-order valence-corrected chi connectivity index (χ4v) is 2.22. The van der Waals surface area contributed by atoms with E-state index in [4.69, 9.17) is 16.3 Å². The predicted molar refractivity (Wildman–Crippen MR) is 65.3 cm³/mol. The molecule has 1 saturated heterocycles. The minimum absolute atomic E-state index is 0.425. The van der Waals surface area contributed by atoms with Crippen LogP contribution in [0.25, 0.3) is 0 Å². The maximum Gasteiger partial charge on any atom is 0.218 e. The van der Waals surface area contributed by atoms with Crippen molar-refractivity contribution in [2.45, 2.75) is 24.0 Å². The first kappa shape index (κ1) is 12.0. The van der Waals surface area contributed by atoms with Crippen molar-refractivity contribution in [3.63, 3.8) is 0 Å². The van der Waals surface area contributed by atoms with E-state index in [-0.39, 0.29) is 0 Å². The van der Waals surface area contributed by atoms with Crippen molar-refractivity contribution in [2.24, 2.45) is 0 Å². The Hall–Kier alpha value is -0.520. The van der Waals surface area contributed by atoms with Gasteiger partial charge in [-0.3, -0.25) is 0 Å². The summed E-state index contributed by atoms with van der Waals surface area (Å²) < 4.78 is 5.60. The van der Waals surface area contributed by atoms with Crippen molar-refractivity contribution >= 4 is 23.4 Å². The summed E-state index contributed by atoms with van der Waals surface area (Å²) in [4.78, 5) is 8.28. The molecule has 2 rings (SSSR count). The average Bonchev–Trinajstić information content (AvgIpc) is 2.78. The molecule has 4 nitrogen and oxygen atoms in total. The first-order valence-corrected chi connectivity index (χ1v) is 6.83. The predicted octanol–water partition coefficient (Wildman–Crippen LogP) is 1.98. The van der Waals surface area contributed by atoms with Gasteiger partial charge >= 0.3 is 0 Å². The van der Waals surface area contributed by atoms with Gasteiger partial charge in [-0.15, -0.1) is 0 Å². The van der Waals surface area contributed by atoms with E-state index in [1.54, 1.807) is 6.07 Å². The van der Waals surface area contributed by atoms with Crippen LogP contribution in [-0.4, -0.2) is 35.4 Å². The van der Waals surface area contributed by atoms with Crippen LogP contribution in [0.4, 0.5) is 0 Å². The summed E-state index contributed by atoms with van der Waals surface area (Å²) in [6.45, 7) is 1.72. The summed E-state index contributed by atoms with van der Waals surface area (Å²) in [5.74, 6) is 0.554. The number of aromatic nitrogens is 2. The van der Waals surface area contributed by atoms with E-state index < -0.39 is 0 Å². The highest BCUT2D eigenvalue weighted by atomic mass is 35.5. The monoisotopic (exact) mass is 259 g/mol. The van der Waals surface area contributed by atoms with Crippen LogP contribution in [0.3, 0.4) is 0 Å². The molecule has 1 aromatic heterocycles. The molecule has 0 aliphatic carbocycles. The van der Waals surface area contributed by atoms with Gasteiger partial charge in [-0.2, -0.15) is 4.98 Å². The van der Waals surface area contributed by atoms with E-state index in [0.29, 0.717) is 28.8 Å². The largest absolute Gasteiger partial charge is 0.476 e. The zero-order chi connectivity index (χ0) is 11.4. The molecule has 0 saturated carbocycles. The first-order chi connectivity index (χ1) is 7.78. The summed E-state index contributed by atoms with van der Waals surface area (Å²) in [7, 11) is 0. The Bertz CT molecular complexity index is 358. The standard InChI is InChI=1S/C10H14ClN3OS/c1-16-10-13-8(11)5-9(14-10)15-6-7-3-2-4-12-7/h5,7,12H,2-4,6H2,1H3/t7-/m0/s1. The molecule has 1 fully saturated rings. The molecule has 0 radical (unpaired) electrons. The highest BCUT2D eigenvalue weighted by molar-refractivity contribution is 7.98. The molecule has 0 aromatic carbocycles. The summed E-state index contributed by atoms with van der Waals surface area (Å²) >= 11 is 7.32. The van der Waals surface area contributed by atoms with Crippen LogP contribution < -0.4 is 10.1 Å². The van der Waals surface area contributed by atoms with E-state index in [9.17, 15) is 0 Å². The quantitative estimate of drug-likeness (QED) is 0.509. The highest BCUT2D eigenvalue weighted by Crippen LogP contribution is 2.19. The lowest BCUT2D eigenvalue weighted by Gasteiger charge is -2.11. The topological polar surface area (TPSA) is 47.0 Å². The number of halogens is 1. The second-order valence-corrected chi connectivity index (χ2v) is 4.78. The summed E-state index contributed by atoms with van der Waals surface area (Å²) in [6, 6.07) is 2.09. The number of ether oxygens (including phenoxy) is 1. The number of nitrogens with one attached hydrogen (secondary N) is 1. The lowest BCUT2D eigenvalue weighted by Crippen LogP contribution is -2.28. The Kier molecular flexibility index (Phi) is 4.26. The van der Waals surface area contributed by atoms with Gasteiger partial charge in [-0.1, -0.05) is 23.4 Å². The molecule has 1 atom stereocenters. The van der Waals surface area contributed by atoms with Crippen LogP contribution in [0.2, 0.25) is 5.15 Å². The van der Waals surface area contributed by atoms with Crippen molar-refractivity contribution < 1.29 is 4.74 Å². The Morgan fingerprint density at radius 2 is 2.50 bits per heavy atom. The van der Waals surface area contributed by atoms with Gasteiger partial charge in [0.2, 0.25) is 5.88 Å². The average molecular weight is 260 g/mol. The van der Waals surface area contributed by atoms with Crippen LogP contribution in [0.15, 0.2) is 11.2 Å². The zero-order valence-electron chi connectivity index (χ0n) is 9.07. The number of hydrogen-bond donors (Lipinski definition) is 1. The van der Waals surface area contributed by atoms with Gasteiger partial charge in [-0.25, -0.2) is 4.98 Å². The van der Waals surface area contributed by atoms with Gasteiger partial charge in [-0.05, 0) is 25.6 Å². The smallest absolute Gasteiger partial charge is 0.218 e. The summed E-state index contributed by atoms with van der Waals surface area (Å²) in [6.07, 6.45) is 4.29. The Balaban J connectivity index is 1.94. The van der Waals surface area contributed by atoms with E-state index in [1.165, 1.54) is 18.2 Å². The van der Waals surface area contributed by atoms with Crippen molar-refractivity contribution in [2.75, 3.05) is 19.4 Å². The fourth-order valence-electron chi connectivity index (χ4n) is 1.63. The minimum Gasteiger partial charge on any atom is -0.476 e. The summed E-state index contributed by atoms with van der Waals surface area (Å²) in [5.41, 5.74) is 0. The van der Waals surface area contributed by atoms with E-state index in [1.807, 2.05) is 6.26 Å². The fraction of sp³-hybridized carbons (Fsp3) is 0.600. The third kappa shape index (κ3) is 3.23. The van der Waals surface area contributed by atoms with Crippen molar-refractivity contribution in [1.29, 1.82) is 0 Å². The molecule has 0 bridgehead atoms. The Labute approximate surface area is 104 Å². The third-order valence-corrected chi connectivity index (χ3v) is 3.17. The van der Waals surface area contributed by atoms with Gasteiger partial charge in [0.1, 0.15) is 11.8 Å². The maximum atomic E-state index is 5.86. The van der Waals surface area contributed by atoms with Gasteiger partial charge in [0.05, 0.1) is 0 Å². The Morgan fingerprint density at radius 1 is 1.62 bits per heavy atom. The second-order valence-electron chi connectivity index (χ2n) is 3.62. The SMILES string of the molecule is CSc1nc(Cl)cc(OC[C@@H]2CCCN2)n1. The summed E-state index contributed by atoms with van der Waals surface area (Å²) in [5, 5.41) is 4.43. The van der Waals surface area contributed by atoms with Gasteiger partial charge in [0, 0.05) is 12.1 Å². The molecule has 1 aromatic rings. The molecular formula is C10H14ClN3OS. The molecule has 1 N–H and O–H groups in total. The number of hydrogen-bond acceptors (Lipinski definition) is 5. The van der Waals surface area contributed by atoms with Gasteiger partial charge < -0.3 is 10.1 Å². The molecule has 1 aliphatic heterocycles. The molecule has 16 heavy (non-hydrogen) atoms. The molecule has 0 unspecified atom stereocenters. The van der Waals surface area contributed by atoms with E-state index in [0.717, 1.165) is 13.0 Å². The molecule has 0 spiro atoms. The van der Waals surface area contributed by atoms with E-state index in [2.05, 4.69) is 15.3 Å².